The molecule has 1 rings (SSSR count). The Balaban J connectivity index is 2.57. The second-order valence-electron chi connectivity index (χ2n) is 2.53. The number of hydrogen-bond acceptors (Lipinski definition) is 5. The Bertz CT molecular complexity index is 238. The van der Waals surface area contributed by atoms with Crippen molar-refractivity contribution in [2.45, 2.75) is 18.9 Å². The van der Waals surface area contributed by atoms with Crippen molar-refractivity contribution in [1.82, 2.24) is 0 Å². The topological polar surface area (TPSA) is 78.7 Å². The van der Waals surface area contributed by atoms with Gasteiger partial charge < -0.3 is 4.74 Å². The third-order valence-corrected chi connectivity index (χ3v) is 1.52. The molecule has 0 aromatic carbocycles. The summed E-state index contributed by atoms with van der Waals surface area (Å²) in [6.45, 7) is 1.43. The van der Waals surface area contributed by atoms with Crippen molar-refractivity contribution >= 4 is 5.97 Å². The first-order valence-corrected chi connectivity index (χ1v) is 3.24. The van der Waals surface area contributed by atoms with Crippen LogP contribution in [0.15, 0.2) is 12.3 Å². The van der Waals surface area contributed by atoms with Gasteiger partial charge in [-0.1, -0.05) is 0 Å². The van der Waals surface area contributed by atoms with Crippen LogP contribution in [-0.2, 0) is 14.4 Å². The van der Waals surface area contributed by atoms with Crippen LogP contribution in [0.2, 0.25) is 0 Å². The Hall–Kier alpha value is -1.59. The van der Waals surface area contributed by atoms with Gasteiger partial charge in [0, 0.05) is 6.42 Å². The van der Waals surface area contributed by atoms with Gasteiger partial charge in [0.2, 0.25) is 0 Å². The SMILES string of the molecule is CC1(C(=O)O[N+](=O)[O-])CC=CO1. The molecule has 0 aromatic rings. The minimum atomic E-state index is -1.23. The first-order valence-electron chi connectivity index (χ1n) is 3.24. The van der Waals surface area contributed by atoms with Gasteiger partial charge in [0.25, 0.3) is 0 Å². The predicted octanol–water partition coefficient (Wildman–Crippen LogP) is 0.414. The maximum absolute atomic E-state index is 10.9. The molecule has 6 nitrogen and oxygen atoms in total. The van der Waals surface area contributed by atoms with Gasteiger partial charge in [-0.05, 0) is 13.0 Å². The first kappa shape index (κ1) is 8.51. The van der Waals surface area contributed by atoms with Crippen LogP contribution in [0.4, 0.5) is 0 Å². The predicted molar refractivity (Wildman–Crippen MR) is 36.3 cm³/mol. The summed E-state index contributed by atoms with van der Waals surface area (Å²) in [4.78, 5) is 24.5. The van der Waals surface area contributed by atoms with Gasteiger partial charge in [-0.25, -0.2) is 4.84 Å². The molecule has 1 aliphatic rings. The standard InChI is InChI=1S/C6H7NO5/c1-6(3-2-4-11-6)5(8)12-7(9)10/h2,4H,3H2,1H3. The van der Waals surface area contributed by atoms with E-state index in [9.17, 15) is 14.9 Å². The molecule has 1 unspecified atom stereocenters. The molecular formula is C6H7NO5. The van der Waals surface area contributed by atoms with E-state index in [1.807, 2.05) is 0 Å². The van der Waals surface area contributed by atoms with E-state index in [0.29, 0.717) is 6.42 Å². The van der Waals surface area contributed by atoms with E-state index in [1.165, 1.54) is 13.2 Å². The van der Waals surface area contributed by atoms with Crippen molar-refractivity contribution in [3.8, 4) is 0 Å². The van der Waals surface area contributed by atoms with Crippen LogP contribution in [0.1, 0.15) is 13.3 Å². The van der Waals surface area contributed by atoms with Crippen LogP contribution in [-0.4, -0.2) is 16.7 Å². The Morgan fingerprint density at radius 2 is 2.50 bits per heavy atom. The fraction of sp³-hybridized carbons (Fsp3) is 0.500. The summed E-state index contributed by atoms with van der Waals surface area (Å²) < 4.78 is 4.84. The zero-order valence-corrected chi connectivity index (χ0v) is 6.35. The van der Waals surface area contributed by atoms with Crippen LogP contribution < -0.4 is 0 Å². The molecular weight excluding hydrogens is 166 g/mol. The average Bonchev–Trinajstić information content (AvgIpc) is 2.36. The highest BCUT2D eigenvalue weighted by molar-refractivity contribution is 5.79. The summed E-state index contributed by atoms with van der Waals surface area (Å²) in [5.74, 6) is -0.988. The van der Waals surface area contributed by atoms with E-state index in [2.05, 4.69) is 4.84 Å². The fourth-order valence-electron chi connectivity index (χ4n) is 0.815. The highest BCUT2D eigenvalue weighted by Crippen LogP contribution is 2.23. The van der Waals surface area contributed by atoms with Crippen molar-refractivity contribution in [3.05, 3.63) is 22.5 Å². The lowest BCUT2D eigenvalue weighted by atomic mass is 10.1. The van der Waals surface area contributed by atoms with Gasteiger partial charge >= 0.3 is 11.1 Å². The third-order valence-electron chi connectivity index (χ3n) is 1.52. The molecule has 0 N–H and O–H groups in total. The van der Waals surface area contributed by atoms with Crippen LogP contribution in [0.5, 0.6) is 0 Å². The monoisotopic (exact) mass is 173 g/mol. The largest absolute Gasteiger partial charge is 0.485 e. The van der Waals surface area contributed by atoms with E-state index in [-0.39, 0.29) is 0 Å². The third kappa shape index (κ3) is 1.52. The summed E-state index contributed by atoms with van der Waals surface area (Å²) in [5, 5.41) is 8.65. The summed E-state index contributed by atoms with van der Waals surface area (Å²) in [5.41, 5.74) is -1.23. The van der Waals surface area contributed by atoms with Gasteiger partial charge in [0.1, 0.15) is 0 Å². The van der Waals surface area contributed by atoms with E-state index in [4.69, 9.17) is 4.74 Å². The van der Waals surface area contributed by atoms with Crippen LogP contribution in [0, 0.1) is 10.1 Å². The van der Waals surface area contributed by atoms with E-state index < -0.39 is 16.7 Å². The smallest absolute Gasteiger partial charge is 0.347 e. The van der Waals surface area contributed by atoms with Crippen molar-refractivity contribution in [2.24, 2.45) is 0 Å². The Morgan fingerprint density at radius 1 is 1.83 bits per heavy atom. The molecule has 66 valence electrons. The van der Waals surface area contributed by atoms with E-state index in [1.54, 1.807) is 6.08 Å². The summed E-state index contributed by atoms with van der Waals surface area (Å²) in [6.07, 6.45) is 3.21. The zero-order chi connectivity index (χ0) is 9.19. The van der Waals surface area contributed by atoms with Crippen molar-refractivity contribution in [1.29, 1.82) is 0 Å². The van der Waals surface area contributed by atoms with Gasteiger partial charge in [0.15, 0.2) is 5.60 Å². The lowest BCUT2D eigenvalue weighted by Gasteiger charge is -2.19. The molecule has 0 fully saturated rings. The molecule has 0 amide bonds. The molecule has 0 bridgehead atoms. The summed E-state index contributed by atoms with van der Waals surface area (Å²) in [7, 11) is 0. The van der Waals surface area contributed by atoms with Crippen molar-refractivity contribution in [2.75, 3.05) is 0 Å². The zero-order valence-electron chi connectivity index (χ0n) is 6.35. The van der Waals surface area contributed by atoms with Gasteiger partial charge in [-0.15, -0.1) is 10.1 Å². The van der Waals surface area contributed by atoms with Crippen molar-refractivity contribution in [3.63, 3.8) is 0 Å². The molecule has 0 radical (unpaired) electrons. The fourth-order valence-corrected chi connectivity index (χ4v) is 0.815. The Kier molecular flexibility index (Phi) is 1.99. The van der Waals surface area contributed by atoms with Crippen molar-refractivity contribution < 1.29 is 19.5 Å². The lowest BCUT2D eigenvalue weighted by Crippen LogP contribution is -2.37. The minimum absolute atomic E-state index is 0.291. The molecule has 6 heteroatoms. The number of ether oxygens (including phenoxy) is 1. The molecule has 1 atom stereocenters. The Labute approximate surface area is 67.9 Å². The Morgan fingerprint density at radius 3 is 2.92 bits per heavy atom. The molecule has 1 heterocycles. The van der Waals surface area contributed by atoms with Crippen LogP contribution in [0.25, 0.3) is 0 Å². The van der Waals surface area contributed by atoms with Crippen LogP contribution >= 0.6 is 0 Å². The normalized spacial score (nSPS) is 26.4. The number of carbonyl (C=O) groups excluding carboxylic acids is 1. The van der Waals surface area contributed by atoms with Gasteiger partial charge in [-0.2, -0.15) is 0 Å². The molecule has 0 aliphatic carbocycles. The van der Waals surface area contributed by atoms with Crippen LogP contribution in [0.3, 0.4) is 0 Å². The first-order chi connectivity index (χ1) is 5.54. The minimum Gasteiger partial charge on any atom is -0.485 e. The molecule has 12 heavy (non-hydrogen) atoms. The van der Waals surface area contributed by atoms with Gasteiger partial charge in [0.05, 0.1) is 6.26 Å². The maximum atomic E-state index is 10.9. The molecule has 0 aromatic heterocycles. The highest BCUT2D eigenvalue weighted by atomic mass is 17.0. The lowest BCUT2D eigenvalue weighted by molar-refractivity contribution is -0.731. The average molecular weight is 173 g/mol. The summed E-state index contributed by atoms with van der Waals surface area (Å²) in [6, 6.07) is 0. The molecule has 0 saturated carbocycles. The maximum Gasteiger partial charge on any atom is 0.347 e. The van der Waals surface area contributed by atoms with E-state index in [0.717, 1.165) is 0 Å². The van der Waals surface area contributed by atoms with E-state index >= 15 is 0 Å². The second kappa shape index (κ2) is 2.80. The quantitative estimate of drug-likeness (QED) is 0.446. The van der Waals surface area contributed by atoms with Gasteiger partial charge in [-0.3, -0.25) is 4.79 Å². The molecule has 0 spiro atoms. The highest BCUT2D eigenvalue weighted by Gasteiger charge is 2.38. The summed E-state index contributed by atoms with van der Waals surface area (Å²) >= 11 is 0. The molecule has 1 aliphatic heterocycles. The number of hydrogen-bond donors (Lipinski definition) is 0. The number of carbonyl (C=O) groups is 1. The second-order valence-corrected chi connectivity index (χ2v) is 2.53. The number of nitrogens with zero attached hydrogens (tertiary/aromatic N) is 1. The molecule has 0 saturated heterocycles. The number of rotatable bonds is 2.